The minimum absolute atomic E-state index is 0.146. The van der Waals surface area contributed by atoms with Gasteiger partial charge in [-0.3, -0.25) is 10.4 Å². The summed E-state index contributed by atoms with van der Waals surface area (Å²) < 4.78 is 6.56. The summed E-state index contributed by atoms with van der Waals surface area (Å²) in [7, 11) is 0. The number of hydrogen-bond donors (Lipinski definition) is 1. The summed E-state index contributed by atoms with van der Waals surface area (Å²) in [6.45, 7) is 7.61. The highest BCUT2D eigenvalue weighted by Crippen LogP contribution is 2.13. The largest absolute Gasteiger partial charge is 0.443 e. The second-order valence-corrected chi connectivity index (χ2v) is 4.45. The second-order valence-electron chi connectivity index (χ2n) is 4.45. The number of esters is 1. The highest BCUT2D eigenvalue weighted by atomic mass is 16.6. The Labute approximate surface area is 89.2 Å². The molecule has 5 nitrogen and oxygen atoms in total. The first-order chi connectivity index (χ1) is 6.80. The van der Waals surface area contributed by atoms with E-state index < -0.39 is 12.2 Å². The fourth-order valence-corrected chi connectivity index (χ4v) is 1.03. The van der Waals surface area contributed by atoms with E-state index in [0.29, 0.717) is 5.56 Å². The predicted octanol–water partition coefficient (Wildman–Crippen LogP) is 1.10. The Morgan fingerprint density at radius 1 is 1.60 bits per heavy atom. The van der Waals surface area contributed by atoms with Crippen LogP contribution in [0.25, 0.3) is 0 Å². The van der Waals surface area contributed by atoms with Gasteiger partial charge in [0.1, 0.15) is 6.23 Å². The minimum Gasteiger partial charge on any atom is -0.443 e. The molecule has 2 N–H and O–H groups in total. The zero-order valence-electron chi connectivity index (χ0n) is 9.52. The molecule has 5 heteroatoms. The maximum atomic E-state index is 11.4. The Kier molecular flexibility index (Phi) is 3.14. The van der Waals surface area contributed by atoms with Crippen LogP contribution in [0.2, 0.25) is 0 Å². The fourth-order valence-electron chi connectivity index (χ4n) is 1.03. The molecule has 0 fully saturated rings. The second kappa shape index (κ2) is 4.02. The molecule has 0 aromatic carbocycles. The molecule has 0 spiro atoms. The van der Waals surface area contributed by atoms with E-state index in [1.807, 2.05) is 20.8 Å². The van der Waals surface area contributed by atoms with Gasteiger partial charge in [0, 0.05) is 6.20 Å². The smallest absolute Gasteiger partial charge is 0.342 e. The van der Waals surface area contributed by atoms with E-state index in [4.69, 9.17) is 10.5 Å². The molecular formula is C10H17N3O2. The number of hydrogen-bond acceptors (Lipinski definition) is 4. The van der Waals surface area contributed by atoms with Crippen molar-refractivity contribution in [2.24, 2.45) is 5.73 Å². The summed E-state index contributed by atoms with van der Waals surface area (Å²) in [4.78, 5) is 11.4. The van der Waals surface area contributed by atoms with Crippen molar-refractivity contribution in [2.75, 3.05) is 0 Å². The molecule has 1 rings (SSSR count). The average molecular weight is 211 g/mol. The van der Waals surface area contributed by atoms with Crippen molar-refractivity contribution < 1.29 is 9.53 Å². The molecule has 0 aliphatic rings. The van der Waals surface area contributed by atoms with Gasteiger partial charge in [-0.15, -0.1) is 0 Å². The summed E-state index contributed by atoms with van der Waals surface area (Å²) in [5, 5.41) is 4.09. The molecule has 0 aliphatic carbocycles. The summed E-state index contributed by atoms with van der Waals surface area (Å²) in [5.74, 6) is -0.444. The molecule has 0 bridgehead atoms. The highest BCUT2D eigenvalue weighted by molar-refractivity contribution is 5.88. The zero-order valence-corrected chi connectivity index (χ0v) is 9.52. The van der Waals surface area contributed by atoms with E-state index in [1.165, 1.54) is 6.20 Å². The van der Waals surface area contributed by atoms with Gasteiger partial charge in [-0.2, -0.15) is 5.10 Å². The number of rotatable bonds is 2. The Balaban J connectivity index is 2.81. The average Bonchev–Trinajstić information content (AvgIpc) is 2.48. The number of aromatic nitrogens is 2. The van der Waals surface area contributed by atoms with Gasteiger partial charge in [-0.25, -0.2) is 4.79 Å². The van der Waals surface area contributed by atoms with Crippen LogP contribution >= 0.6 is 0 Å². The predicted molar refractivity (Wildman–Crippen MR) is 56.3 cm³/mol. The molecule has 0 saturated heterocycles. The standard InChI is InChI=1S/C10H17N3O2/c1-7(11)15-9(14)8-5-12-13(6-8)10(2,3)4/h5-7H,11H2,1-4H3. The zero-order chi connectivity index (χ0) is 11.6. The van der Waals surface area contributed by atoms with Crippen molar-refractivity contribution in [3.63, 3.8) is 0 Å². The van der Waals surface area contributed by atoms with Gasteiger partial charge < -0.3 is 4.74 Å². The van der Waals surface area contributed by atoms with Crippen LogP contribution < -0.4 is 5.73 Å². The molecule has 1 aromatic rings. The molecule has 15 heavy (non-hydrogen) atoms. The molecule has 0 saturated carbocycles. The van der Waals surface area contributed by atoms with Gasteiger partial charge >= 0.3 is 5.97 Å². The molecular weight excluding hydrogens is 194 g/mol. The maximum absolute atomic E-state index is 11.4. The Bertz CT molecular complexity index is 350. The number of nitrogens with zero attached hydrogens (tertiary/aromatic N) is 2. The van der Waals surface area contributed by atoms with Crippen molar-refractivity contribution in [1.29, 1.82) is 0 Å². The van der Waals surface area contributed by atoms with Crippen LogP contribution in [-0.2, 0) is 10.3 Å². The maximum Gasteiger partial charge on any atom is 0.342 e. The van der Waals surface area contributed by atoms with Crippen LogP contribution in [0.15, 0.2) is 12.4 Å². The first-order valence-corrected chi connectivity index (χ1v) is 4.82. The third-order valence-electron chi connectivity index (χ3n) is 1.80. The van der Waals surface area contributed by atoms with E-state index in [2.05, 4.69) is 5.10 Å². The Hall–Kier alpha value is -1.36. The normalized spacial score (nSPS) is 13.7. The SMILES string of the molecule is CC(N)OC(=O)c1cnn(C(C)(C)C)c1. The number of ether oxygens (including phenoxy) is 1. The lowest BCUT2D eigenvalue weighted by atomic mass is 10.1. The molecule has 84 valence electrons. The molecule has 0 radical (unpaired) electrons. The summed E-state index contributed by atoms with van der Waals surface area (Å²) in [6.07, 6.45) is 2.54. The number of carbonyl (C=O) groups is 1. The van der Waals surface area contributed by atoms with E-state index in [9.17, 15) is 4.79 Å². The van der Waals surface area contributed by atoms with Crippen LogP contribution in [0.5, 0.6) is 0 Å². The third kappa shape index (κ3) is 3.06. The van der Waals surface area contributed by atoms with Gasteiger partial charge in [0.15, 0.2) is 0 Å². The van der Waals surface area contributed by atoms with Crippen LogP contribution in [0, 0.1) is 0 Å². The lowest BCUT2D eigenvalue weighted by Crippen LogP contribution is -2.24. The molecule has 0 amide bonds. The summed E-state index contributed by atoms with van der Waals surface area (Å²) >= 11 is 0. The lowest BCUT2D eigenvalue weighted by Gasteiger charge is -2.18. The fraction of sp³-hybridized carbons (Fsp3) is 0.600. The van der Waals surface area contributed by atoms with Crippen molar-refractivity contribution in [3.8, 4) is 0 Å². The summed E-state index contributed by atoms with van der Waals surface area (Å²) in [5.41, 5.74) is 5.63. The van der Waals surface area contributed by atoms with Gasteiger partial charge in [-0.1, -0.05) is 0 Å². The van der Waals surface area contributed by atoms with Crippen molar-refractivity contribution >= 4 is 5.97 Å². The lowest BCUT2D eigenvalue weighted by molar-refractivity contribution is 0.0355. The molecule has 1 aromatic heterocycles. The topological polar surface area (TPSA) is 70.1 Å². The first-order valence-electron chi connectivity index (χ1n) is 4.82. The van der Waals surface area contributed by atoms with Crippen LogP contribution in [-0.4, -0.2) is 22.0 Å². The van der Waals surface area contributed by atoms with E-state index in [0.717, 1.165) is 0 Å². The first kappa shape index (κ1) is 11.7. The third-order valence-corrected chi connectivity index (χ3v) is 1.80. The van der Waals surface area contributed by atoms with Crippen LogP contribution in [0.1, 0.15) is 38.1 Å². The van der Waals surface area contributed by atoms with Crippen molar-refractivity contribution in [2.45, 2.75) is 39.5 Å². The van der Waals surface area contributed by atoms with Crippen molar-refractivity contribution in [3.05, 3.63) is 18.0 Å². The van der Waals surface area contributed by atoms with E-state index in [1.54, 1.807) is 17.8 Å². The van der Waals surface area contributed by atoms with E-state index >= 15 is 0 Å². The highest BCUT2D eigenvalue weighted by Gasteiger charge is 2.17. The molecule has 1 heterocycles. The molecule has 1 atom stereocenters. The number of nitrogens with two attached hydrogens (primary N) is 1. The minimum atomic E-state index is -0.601. The Morgan fingerprint density at radius 3 is 2.60 bits per heavy atom. The quantitative estimate of drug-likeness (QED) is 0.587. The van der Waals surface area contributed by atoms with Crippen LogP contribution in [0.4, 0.5) is 0 Å². The van der Waals surface area contributed by atoms with Crippen LogP contribution in [0.3, 0.4) is 0 Å². The number of carbonyl (C=O) groups excluding carboxylic acids is 1. The van der Waals surface area contributed by atoms with Gasteiger partial charge in [-0.05, 0) is 27.7 Å². The molecule has 0 aliphatic heterocycles. The summed E-state index contributed by atoms with van der Waals surface area (Å²) in [6, 6.07) is 0. The molecule has 1 unspecified atom stereocenters. The van der Waals surface area contributed by atoms with Gasteiger partial charge in [0.2, 0.25) is 0 Å². The van der Waals surface area contributed by atoms with Gasteiger partial charge in [0.25, 0.3) is 0 Å². The monoisotopic (exact) mass is 211 g/mol. The van der Waals surface area contributed by atoms with Crippen molar-refractivity contribution in [1.82, 2.24) is 9.78 Å². The van der Waals surface area contributed by atoms with E-state index in [-0.39, 0.29) is 5.54 Å². The van der Waals surface area contributed by atoms with Gasteiger partial charge in [0.05, 0.1) is 17.3 Å². The Morgan fingerprint density at radius 2 is 2.20 bits per heavy atom.